The van der Waals surface area contributed by atoms with Crippen LogP contribution in [0.25, 0.3) is 11.3 Å². The summed E-state index contributed by atoms with van der Waals surface area (Å²) >= 11 is 2.13. The van der Waals surface area contributed by atoms with Gasteiger partial charge in [0.2, 0.25) is 0 Å². The highest BCUT2D eigenvalue weighted by Crippen LogP contribution is 2.35. The molecule has 408 valence electrons. The van der Waals surface area contributed by atoms with E-state index in [-0.39, 0.29) is 42.1 Å². The van der Waals surface area contributed by atoms with Crippen molar-refractivity contribution in [2.45, 2.75) is 52.1 Å². The molecule has 0 radical (unpaired) electrons. The van der Waals surface area contributed by atoms with E-state index in [1.165, 1.54) is 18.2 Å². The third kappa shape index (κ3) is 15.3. The van der Waals surface area contributed by atoms with Gasteiger partial charge in [-0.25, -0.2) is 19.0 Å². The first-order valence-corrected chi connectivity index (χ1v) is 26.5. The molecule has 4 aromatic heterocycles. The van der Waals surface area contributed by atoms with Gasteiger partial charge in [0.15, 0.2) is 22.9 Å². The molecule has 79 heavy (non-hydrogen) atoms. The van der Waals surface area contributed by atoms with Crippen molar-refractivity contribution in [3.63, 3.8) is 0 Å². The van der Waals surface area contributed by atoms with E-state index in [1.807, 2.05) is 57.1 Å². The van der Waals surface area contributed by atoms with E-state index in [1.54, 1.807) is 82.3 Å². The third-order valence-electron chi connectivity index (χ3n) is 13.7. The summed E-state index contributed by atoms with van der Waals surface area (Å²) in [5.41, 5.74) is 5.99. The van der Waals surface area contributed by atoms with Crippen molar-refractivity contribution in [1.29, 1.82) is 0 Å². The molecule has 0 saturated carbocycles. The van der Waals surface area contributed by atoms with Crippen LogP contribution in [0.3, 0.4) is 0 Å². The van der Waals surface area contributed by atoms with Crippen LogP contribution in [0.15, 0.2) is 122 Å². The maximum Gasteiger partial charge on any atom is 0.416 e. The number of rotatable bonds is 10. The van der Waals surface area contributed by atoms with Crippen LogP contribution >= 0.6 is 22.6 Å². The average molecular weight is 1190 g/mol. The Hall–Kier alpha value is -7.27. The summed E-state index contributed by atoms with van der Waals surface area (Å²) in [6.07, 6.45) is 2.40. The number of alkyl halides is 6. The summed E-state index contributed by atoms with van der Waals surface area (Å²) in [6.45, 7) is 11.1. The number of Topliss-reactive ketones (excluding diaryl/α,β-unsaturated/α-hetero) is 2. The number of imidazole rings is 2. The van der Waals surface area contributed by atoms with Crippen LogP contribution in [0.4, 0.5) is 26.3 Å². The quantitative estimate of drug-likeness (QED) is 0.0569. The normalized spacial score (nSPS) is 14.6. The van der Waals surface area contributed by atoms with Crippen LogP contribution in [0.1, 0.15) is 82.2 Å². The van der Waals surface area contributed by atoms with E-state index < -0.39 is 23.5 Å². The molecule has 4 aromatic carbocycles. The number of aromatic nitrogens is 6. The molecule has 0 amide bonds. The van der Waals surface area contributed by atoms with Crippen molar-refractivity contribution in [3.05, 3.63) is 198 Å². The largest absolute Gasteiger partial charge is 0.416 e. The Balaban J connectivity index is 0.000000179. The Morgan fingerprint density at radius 1 is 0.582 bits per heavy atom. The zero-order chi connectivity index (χ0) is 56.4. The molecule has 0 spiro atoms. The lowest BCUT2D eigenvalue weighted by molar-refractivity contribution is -0.139. The Kier molecular flexibility index (Phi) is 18.8. The third-order valence-corrected chi connectivity index (χ3v) is 14.9. The first-order chi connectivity index (χ1) is 37.7. The lowest BCUT2D eigenvalue weighted by Crippen LogP contribution is -2.44. The van der Waals surface area contributed by atoms with Gasteiger partial charge in [-0.3, -0.25) is 19.4 Å². The monoisotopic (exact) mass is 1190 g/mol. The van der Waals surface area contributed by atoms with Crippen molar-refractivity contribution < 1.29 is 35.9 Å². The van der Waals surface area contributed by atoms with Gasteiger partial charge in [0.05, 0.1) is 23.5 Å². The fourth-order valence-corrected chi connectivity index (χ4v) is 9.53. The molecular weight excluding hydrogens is 1130 g/mol. The van der Waals surface area contributed by atoms with Gasteiger partial charge in [-0.05, 0) is 144 Å². The van der Waals surface area contributed by atoms with E-state index in [0.29, 0.717) is 51.4 Å². The Morgan fingerprint density at radius 3 is 1.68 bits per heavy atom. The molecule has 0 bridgehead atoms. The molecule has 2 aliphatic heterocycles. The van der Waals surface area contributed by atoms with Gasteiger partial charge < -0.3 is 9.80 Å². The number of likely N-dealkylation sites (N-methyl/N-ethyl adjacent to an activating group) is 2. The predicted octanol–water partition coefficient (Wildman–Crippen LogP) is 10.1. The minimum absolute atomic E-state index is 0.0280. The zero-order valence-corrected chi connectivity index (χ0v) is 46.2. The van der Waals surface area contributed by atoms with Crippen molar-refractivity contribution in [2.24, 2.45) is 0 Å². The lowest BCUT2D eigenvalue weighted by atomic mass is 9.96. The number of terminal acetylenes is 1. The number of fused-ring (bicyclic) bond motifs is 2. The fourth-order valence-electron chi connectivity index (χ4n) is 9.02. The Bertz CT molecular complexity index is 3580. The summed E-state index contributed by atoms with van der Waals surface area (Å²) in [5, 5.41) is 8.27. The van der Waals surface area contributed by atoms with Crippen molar-refractivity contribution in [1.82, 2.24) is 48.8 Å². The number of carbonyl (C=O) groups excluding carboxylic acids is 2. The number of hydrogen-bond acceptors (Lipinski definition) is 10. The van der Waals surface area contributed by atoms with Gasteiger partial charge in [-0.1, -0.05) is 54.5 Å². The molecule has 2 saturated heterocycles. The van der Waals surface area contributed by atoms with E-state index in [0.717, 1.165) is 78.8 Å². The van der Waals surface area contributed by atoms with Crippen LogP contribution in [0.2, 0.25) is 0 Å². The number of nitrogens with zero attached hydrogens (tertiary/aromatic N) is 10. The minimum atomic E-state index is -4.50. The van der Waals surface area contributed by atoms with E-state index in [2.05, 4.69) is 75.2 Å². The highest BCUT2D eigenvalue weighted by Gasteiger charge is 2.35. The summed E-state index contributed by atoms with van der Waals surface area (Å²) in [4.78, 5) is 42.6. The van der Waals surface area contributed by atoms with Gasteiger partial charge >= 0.3 is 12.4 Å². The summed E-state index contributed by atoms with van der Waals surface area (Å²) in [6, 6.07) is 26.3. The molecule has 0 atom stereocenters. The first-order valence-electron chi connectivity index (χ1n) is 25.4. The van der Waals surface area contributed by atoms with Crippen molar-refractivity contribution in [3.8, 4) is 24.2 Å². The van der Waals surface area contributed by atoms with Gasteiger partial charge in [-0.2, -0.15) is 36.5 Å². The zero-order valence-electron chi connectivity index (χ0n) is 44.0. The molecule has 6 heterocycles. The number of piperazine rings is 2. The second-order valence-corrected chi connectivity index (χ2v) is 20.8. The van der Waals surface area contributed by atoms with Crippen molar-refractivity contribution >= 4 is 45.5 Å². The molecular formula is C60H57F6IN10O2. The lowest BCUT2D eigenvalue weighted by Gasteiger charge is -2.33. The van der Waals surface area contributed by atoms with Gasteiger partial charge in [0.25, 0.3) is 0 Å². The fraction of sp³-hybridized carbons (Fsp3) is 0.300. The number of benzene rings is 4. The smallest absolute Gasteiger partial charge is 0.304 e. The van der Waals surface area contributed by atoms with E-state index >= 15 is 0 Å². The van der Waals surface area contributed by atoms with E-state index in [9.17, 15) is 35.9 Å². The molecule has 12 nitrogen and oxygen atoms in total. The molecule has 0 unspecified atom stereocenters. The number of carbonyl (C=O) groups is 2. The van der Waals surface area contributed by atoms with Crippen molar-refractivity contribution in [2.75, 3.05) is 66.5 Å². The number of ketones is 2. The molecule has 8 aromatic rings. The first kappa shape index (κ1) is 57.9. The molecule has 2 fully saturated rings. The topological polar surface area (TPSA) is 107 Å². The molecule has 2 aliphatic rings. The van der Waals surface area contributed by atoms with Gasteiger partial charge in [0, 0.05) is 111 Å². The van der Waals surface area contributed by atoms with E-state index in [4.69, 9.17) is 6.42 Å². The molecule has 10 rings (SSSR count). The maximum absolute atomic E-state index is 14.0. The molecule has 0 N–H and O–H groups in total. The Morgan fingerprint density at radius 2 is 1.09 bits per heavy atom. The highest BCUT2D eigenvalue weighted by molar-refractivity contribution is 14.1. The van der Waals surface area contributed by atoms with Crippen LogP contribution in [0.5, 0.6) is 0 Å². The SMILES string of the molecule is C#Cc1cnc2cccnn12.Cc1ccc(C(=O)Cc2ccc(CN3CCN(C)CC3)c(C(F)(F)F)c2)cc1C#Cc1cnc2cccnn12.Cc1ccc(C(=O)Cc2ccc(CN3CCN(C)CC3)cc2C(F)(F)F)cc1I. The number of hydrogen-bond donors (Lipinski definition) is 0. The van der Waals surface area contributed by atoms with Crippen LogP contribution in [-0.4, -0.2) is 127 Å². The van der Waals surface area contributed by atoms with Crippen LogP contribution in [0, 0.1) is 41.6 Å². The van der Waals surface area contributed by atoms with Crippen LogP contribution < -0.4 is 0 Å². The predicted molar refractivity (Wildman–Crippen MR) is 299 cm³/mol. The van der Waals surface area contributed by atoms with Gasteiger partial charge in [0.1, 0.15) is 11.4 Å². The standard InChI is InChI=1S/C30H28F3N5O.C22H24F3IN2O.C8H5N3/c1-21-5-7-24(18-23(21)9-10-26-19-34-29-4-3-11-35-38(26)29)28(39)17-22-6-8-25(27(16-22)30(31,32)33)20-37-14-12-36(2)13-15-37;1-15-3-5-18(12-20(15)26)21(29)13-17-6-4-16(11-19(17)22(23,24)25)14-28-9-7-27(2)8-10-28;1-2-7-6-9-8-4-3-5-10-11(7)8/h3-8,11,16,18-19H,12-15,17,20H2,1-2H3;3-6,11-12H,7-10,13-14H2,1-2H3;1,3-6H. The highest BCUT2D eigenvalue weighted by atomic mass is 127. The van der Waals surface area contributed by atoms with Crippen LogP contribution in [-0.2, 0) is 38.3 Å². The summed E-state index contributed by atoms with van der Waals surface area (Å²) < 4.78 is 87.2. The molecule has 19 heteroatoms. The maximum atomic E-state index is 14.0. The minimum Gasteiger partial charge on any atom is -0.304 e. The second kappa shape index (κ2) is 25.7. The number of halogens is 7. The summed E-state index contributed by atoms with van der Waals surface area (Å²) in [7, 11) is 4.05. The van der Waals surface area contributed by atoms with Gasteiger partial charge in [-0.15, -0.1) is 6.42 Å². The Labute approximate surface area is 468 Å². The average Bonchev–Trinajstić information content (AvgIpc) is 4.16. The second-order valence-electron chi connectivity index (χ2n) is 19.6. The summed E-state index contributed by atoms with van der Waals surface area (Å²) in [5.74, 6) is 8.05. The number of aryl methyl sites for hydroxylation is 2. The molecule has 0 aliphatic carbocycles.